The molecule has 2 amide bonds. The zero-order valence-corrected chi connectivity index (χ0v) is 19.2. The maximum atomic E-state index is 13.4. The highest BCUT2D eigenvalue weighted by Gasteiger charge is 2.22. The molecule has 0 aliphatic carbocycles. The first-order valence-corrected chi connectivity index (χ1v) is 10.9. The second kappa shape index (κ2) is 12.5. The number of carbonyl (C=O) groups is 2. The molecular weight excluding hydrogens is 418 g/mol. The van der Waals surface area contributed by atoms with Gasteiger partial charge in [0, 0.05) is 39.1 Å². The van der Waals surface area contributed by atoms with Crippen molar-refractivity contribution < 1.29 is 19.1 Å². The van der Waals surface area contributed by atoms with Gasteiger partial charge in [-0.25, -0.2) is 0 Å². The van der Waals surface area contributed by atoms with Crippen molar-refractivity contribution in [3.05, 3.63) is 90.3 Å². The number of rotatable bonds is 12. The predicted molar refractivity (Wildman–Crippen MR) is 127 cm³/mol. The van der Waals surface area contributed by atoms with Gasteiger partial charge in [0.25, 0.3) is 5.91 Å². The summed E-state index contributed by atoms with van der Waals surface area (Å²) in [6, 6.07) is 22.9. The lowest BCUT2D eigenvalue weighted by Crippen LogP contribution is -2.45. The van der Waals surface area contributed by atoms with Crippen LogP contribution in [0.1, 0.15) is 11.3 Å². The predicted octanol–water partition coefficient (Wildman–Crippen LogP) is 3.11. The van der Waals surface area contributed by atoms with Crippen LogP contribution in [0.3, 0.4) is 0 Å². The van der Waals surface area contributed by atoms with E-state index in [1.807, 2.05) is 78.5 Å². The average molecular weight is 450 g/mol. The fourth-order valence-corrected chi connectivity index (χ4v) is 3.40. The molecule has 33 heavy (non-hydrogen) atoms. The minimum atomic E-state index is -0.261. The Labute approximate surface area is 195 Å². The van der Waals surface area contributed by atoms with Gasteiger partial charge in [-0.3, -0.25) is 9.59 Å². The van der Waals surface area contributed by atoms with Crippen molar-refractivity contribution in [1.82, 2.24) is 14.4 Å². The van der Waals surface area contributed by atoms with Crippen molar-refractivity contribution in [2.45, 2.75) is 13.1 Å². The topological polar surface area (TPSA) is 64.0 Å². The lowest BCUT2D eigenvalue weighted by molar-refractivity contribution is -0.142. The number of hydrogen-bond acceptors (Lipinski definition) is 4. The van der Waals surface area contributed by atoms with Gasteiger partial charge in [-0.2, -0.15) is 0 Å². The molecule has 0 fully saturated rings. The maximum absolute atomic E-state index is 13.4. The van der Waals surface area contributed by atoms with Gasteiger partial charge in [0.1, 0.15) is 5.75 Å². The Bertz CT molecular complexity index is 1000. The molecule has 0 saturated carbocycles. The van der Waals surface area contributed by atoms with Gasteiger partial charge in [-0.05, 0) is 29.8 Å². The molecule has 0 aliphatic heterocycles. The zero-order valence-electron chi connectivity index (χ0n) is 19.2. The van der Waals surface area contributed by atoms with Crippen LogP contribution in [-0.2, 0) is 34.5 Å². The lowest BCUT2D eigenvalue weighted by atomic mass is 10.2. The Hall–Kier alpha value is -3.58. The number of methoxy groups -OCH3 is 1. The third-order valence-electron chi connectivity index (χ3n) is 5.32. The Morgan fingerprint density at radius 1 is 0.848 bits per heavy atom. The number of para-hydroxylation sites is 1. The summed E-state index contributed by atoms with van der Waals surface area (Å²) in [5.74, 6) is 0.213. The first-order chi connectivity index (χ1) is 16.1. The van der Waals surface area contributed by atoms with Crippen LogP contribution in [0, 0.1) is 0 Å². The number of nitrogens with zero attached hydrogens (tertiary/aromatic N) is 3. The van der Waals surface area contributed by atoms with E-state index in [-0.39, 0.29) is 25.0 Å². The van der Waals surface area contributed by atoms with E-state index in [9.17, 15) is 9.59 Å². The molecular formula is C26H31N3O4. The Kier molecular flexibility index (Phi) is 9.08. The molecule has 3 aromatic rings. The first-order valence-electron chi connectivity index (χ1n) is 10.9. The van der Waals surface area contributed by atoms with Crippen LogP contribution in [0.15, 0.2) is 79.0 Å². The molecule has 174 valence electrons. The molecule has 3 rings (SSSR count). The standard InChI is InChI=1S/C26H31N3O4/c1-27-15-9-12-23(27)19-29(18-22-10-5-3-6-11-22)25(30)20-28(16-17-32-2)26(31)21-33-24-13-7-4-8-14-24/h3-15H,16-21H2,1-2H3. The molecule has 0 aliphatic rings. The van der Waals surface area contributed by atoms with Crippen molar-refractivity contribution >= 4 is 11.8 Å². The van der Waals surface area contributed by atoms with Crippen LogP contribution in [-0.4, -0.2) is 59.6 Å². The van der Waals surface area contributed by atoms with Crippen LogP contribution < -0.4 is 4.74 Å². The second-order valence-electron chi connectivity index (χ2n) is 7.76. The minimum absolute atomic E-state index is 0.0440. The summed E-state index contributed by atoms with van der Waals surface area (Å²) >= 11 is 0. The van der Waals surface area contributed by atoms with Crippen molar-refractivity contribution in [2.75, 3.05) is 33.4 Å². The van der Waals surface area contributed by atoms with E-state index in [1.54, 1.807) is 24.1 Å². The summed E-state index contributed by atoms with van der Waals surface area (Å²) in [6.07, 6.45) is 1.95. The van der Waals surface area contributed by atoms with Crippen molar-refractivity contribution in [2.24, 2.45) is 7.05 Å². The van der Waals surface area contributed by atoms with Gasteiger partial charge in [0.05, 0.1) is 19.7 Å². The molecule has 0 atom stereocenters. The summed E-state index contributed by atoms with van der Waals surface area (Å²) in [6.45, 7) is 1.36. The summed E-state index contributed by atoms with van der Waals surface area (Å²) in [7, 11) is 3.53. The van der Waals surface area contributed by atoms with E-state index in [1.165, 1.54) is 4.90 Å². The monoisotopic (exact) mass is 449 g/mol. The average Bonchev–Trinajstić information content (AvgIpc) is 3.25. The van der Waals surface area contributed by atoms with Crippen LogP contribution in [0.25, 0.3) is 0 Å². The molecule has 7 heteroatoms. The highest BCUT2D eigenvalue weighted by atomic mass is 16.5. The quantitative estimate of drug-likeness (QED) is 0.426. The van der Waals surface area contributed by atoms with Crippen LogP contribution in [0.5, 0.6) is 5.75 Å². The smallest absolute Gasteiger partial charge is 0.261 e. The fourth-order valence-electron chi connectivity index (χ4n) is 3.40. The van der Waals surface area contributed by atoms with E-state index >= 15 is 0 Å². The minimum Gasteiger partial charge on any atom is -0.484 e. The van der Waals surface area contributed by atoms with Crippen molar-refractivity contribution in [3.8, 4) is 5.75 Å². The van der Waals surface area contributed by atoms with Gasteiger partial charge in [-0.15, -0.1) is 0 Å². The third-order valence-corrected chi connectivity index (χ3v) is 5.32. The Morgan fingerprint density at radius 3 is 2.18 bits per heavy atom. The molecule has 1 aromatic heterocycles. The number of hydrogen-bond donors (Lipinski definition) is 0. The second-order valence-corrected chi connectivity index (χ2v) is 7.76. The van der Waals surface area contributed by atoms with Crippen LogP contribution in [0.4, 0.5) is 0 Å². The number of carbonyl (C=O) groups excluding carboxylic acids is 2. The van der Waals surface area contributed by atoms with Crippen molar-refractivity contribution in [3.63, 3.8) is 0 Å². The molecule has 0 bridgehead atoms. The van der Waals surface area contributed by atoms with Crippen molar-refractivity contribution in [1.29, 1.82) is 0 Å². The van der Waals surface area contributed by atoms with Gasteiger partial charge in [-0.1, -0.05) is 48.5 Å². The zero-order chi connectivity index (χ0) is 23.5. The SMILES string of the molecule is COCCN(CC(=O)N(Cc1ccccc1)Cc1cccn1C)C(=O)COc1ccccc1. The molecule has 0 unspecified atom stereocenters. The van der Waals surface area contributed by atoms with Crippen LogP contribution in [0.2, 0.25) is 0 Å². The van der Waals surface area contributed by atoms with E-state index in [0.29, 0.717) is 32.0 Å². The molecule has 0 spiro atoms. The fraction of sp³-hybridized carbons (Fsp3) is 0.308. The third kappa shape index (κ3) is 7.50. The number of aromatic nitrogens is 1. The largest absolute Gasteiger partial charge is 0.484 e. The summed E-state index contributed by atoms with van der Waals surface area (Å²) in [5.41, 5.74) is 2.05. The normalized spacial score (nSPS) is 10.6. The number of amides is 2. The van der Waals surface area contributed by atoms with Gasteiger partial charge in [0.2, 0.25) is 5.91 Å². The number of benzene rings is 2. The van der Waals surface area contributed by atoms with E-state index in [2.05, 4.69) is 0 Å². The molecule has 1 heterocycles. The van der Waals surface area contributed by atoms with Crippen LogP contribution >= 0.6 is 0 Å². The van der Waals surface area contributed by atoms with Gasteiger partial charge >= 0.3 is 0 Å². The lowest BCUT2D eigenvalue weighted by Gasteiger charge is -2.28. The molecule has 2 aromatic carbocycles. The van der Waals surface area contributed by atoms with Gasteiger partial charge in [0.15, 0.2) is 6.61 Å². The maximum Gasteiger partial charge on any atom is 0.261 e. The number of ether oxygens (including phenoxy) is 2. The molecule has 7 nitrogen and oxygen atoms in total. The molecule has 0 radical (unpaired) electrons. The Balaban J connectivity index is 1.70. The van der Waals surface area contributed by atoms with E-state index < -0.39 is 0 Å². The van der Waals surface area contributed by atoms with Gasteiger partial charge < -0.3 is 23.8 Å². The molecule has 0 saturated heterocycles. The van der Waals surface area contributed by atoms with E-state index in [0.717, 1.165) is 11.3 Å². The summed E-state index contributed by atoms with van der Waals surface area (Å²) < 4.78 is 12.8. The number of aryl methyl sites for hydroxylation is 1. The summed E-state index contributed by atoms with van der Waals surface area (Å²) in [5, 5.41) is 0. The highest BCUT2D eigenvalue weighted by molar-refractivity contribution is 5.85. The highest BCUT2D eigenvalue weighted by Crippen LogP contribution is 2.12. The first kappa shape index (κ1) is 24.1. The summed E-state index contributed by atoms with van der Waals surface area (Å²) in [4.78, 5) is 29.5. The molecule has 0 N–H and O–H groups in total. The Morgan fingerprint density at radius 2 is 1.55 bits per heavy atom. The van der Waals surface area contributed by atoms with E-state index in [4.69, 9.17) is 9.47 Å².